The highest BCUT2D eigenvalue weighted by Crippen LogP contribution is 2.20. The average molecular weight is 344 g/mol. The minimum absolute atomic E-state index is 0.0316. The first kappa shape index (κ1) is 17.6. The van der Waals surface area contributed by atoms with Gasteiger partial charge in [0.25, 0.3) is 0 Å². The van der Waals surface area contributed by atoms with Crippen LogP contribution in [0.2, 0.25) is 0 Å². The topological polar surface area (TPSA) is 64.7 Å². The second-order valence-electron chi connectivity index (χ2n) is 7.05. The third-order valence-electron chi connectivity index (χ3n) is 5.07. The molecule has 2 heterocycles. The van der Waals surface area contributed by atoms with Gasteiger partial charge in [-0.05, 0) is 43.4 Å². The molecule has 3 rings (SSSR count). The molecule has 1 aromatic rings. The van der Waals surface area contributed by atoms with E-state index in [9.17, 15) is 9.59 Å². The van der Waals surface area contributed by atoms with Crippen molar-refractivity contribution in [3.63, 3.8) is 0 Å². The Kier molecular flexibility index (Phi) is 5.79. The zero-order valence-electron chi connectivity index (χ0n) is 15.0. The number of hydrogen-bond donors (Lipinski definition) is 2. The van der Waals surface area contributed by atoms with Crippen molar-refractivity contribution in [3.05, 3.63) is 29.8 Å². The van der Waals surface area contributed by atoms with Crippen LogP contribution in [0, 0.1) is 0 Å². The summed E-state index contributed by atoms with van der Waals surface area (Å²) in [6.45, 7) is 3.36. The fourth-order valence-electron chi connectivity index (χ4n) is 3.53. The molecule has 1 unspecified atom stereocenters. The molecule has 2 saturated heterocycles. The number of nitrogens with zero attached hydrogens (tertiary/aromatic N) is 2. The number of carbonyl (C=O) groups is 2. The van der Waals surface area contributed by atoms with Crippen molar-refractivity contribution >= 4 is 17.6 Å². The van der Waals surface area contributed by atoms with Crippen molar-refractivity contribution in [2.75, 3.05) is 31.6 Å². The van der Waals surface area contributed by atoms with Crippen LogP contribution >= 0.6 is 0 Å². The van der Waals surface area contributed by atoms with E-state index in [-0.39, 0.29) is 18.0 Å². The van der Waals surface area contributed by atoms with E-state index in [1.165, 1.54) is 24.9 Å². The molecule has 1 atom stereocenters. The number of carbonyl (C=O) groups excluding carboxylic acids is 2. The van der Waals surface area contributed by atoms with Crippen molar-refractivity contribution in [2.45, 2.75) is 44.7 Å². The fourth-order valence-corrected chi connectivity index (χ4v) is 3.53. The van der Waals surface area contributed by atoms with Crippen LogP contribution < -0.4 is 15.5 Å². The zero-order chi connectivity index (χ0) is 17.6. The number of rotatable bonds is 4. The Hall–Kier alpha value is -2.24. The highest BCUT2D eigenvalue weighted by atomic mass is 16.2. The second kappa shape index (κ2) is 8.23. The summed E-state index contributed by atoms with van der Waals surface area (Å²) in [7, 11) is 1.78. The van der Waals surface area contributed by atoms with Crippen molar-refractivity contribution < 1.29 is 9.59 Å². The lowest BCUT2D eigenvalue weighted by Crippen LogP contribution is -2.50. The molecule has 0 aliphatic carbocycles. The van der Waals surface area contributed by atoms with Gasteiger partial charge < -0.3 is 20.4 Å². The van der Waals surface area contributed by atoms with E-state index in [4.69, 9.17) is 0 Å². The summed E-state index contributed by atoms with van der Waals surface area (Å²) in [5, 5.41) is 5.86. The van der Waals surface area contributed by atoms with Gasteiger partial charge in [-0.25, -0.2) is 4.79 Å². The van der Waals surface area contributed by atoms with Gasteiger partial charge >= 0.3 is 6.03 Å². The number of hydrogen-bond acceptors (Lipinski definition) is 3. The summed E-state index contributed by atoms with van der Waals surface area (Å²) >= 11 is 0. The molecule has 6 nitrogen and oxygen atoms in total. The summed E-state index contributed by atoms with van der Waals surface area (Å²) < 4.78 is 0. The predicted octanol–water partition coefficient (Wildman–Crippen LogP) is 2.10. The summed E-state index contributed by atoms with van der Waals surface area (Å²) in [5.74, 6) is 0.146. The standard InChI is InChI=1S/C19H28N4O2/c1-22-14-16(7-10-18(22)24)21-19(25)20-13-15-5-8-17(9-6-15)23-11-3-2-4-12-23/h5-6,8-9,16H,2-4,7,10-14H2,1H3,(H2,20,21,25). The summed E-state index contributed by atoms with van der Waals surface area (Å²) in [4.78, 5) is 27.6. The lowest BCUT2D eigenvalue weighted by Gasteiger charge is -2.30. The van der Waals surface area contributed by atoms with E-state index in [1.54, 1.807) is 11.9 Å². The van der Waals surface area contributed by atoms with Crippen molar-refractivity contribution in [1.82, 2.24) is 15.5 Å². The third-order valence-corrected chi connectivity index (χ3v) is 5.07. The Morgan fingerprint density at radius 3 is 2.56 bits per heavy atom. The number of likely N-dealkylation sites (N-methyl/N-ethyl adjacent to an activating group) is 1. The fraction of sp³-hybridized carbons (Fsp3) is 0.579. The molecule has 3 amide bonds. The molecule has 25 heavy (non-hydrogen) atoms. The normalized spacial score (nSPS) is 21.2. The first-order valence-electron chi connectivity index (χ1n) is 9.24. The van der Waals surface area contributed by atoms with Crippen LogP contribution in [0.15, 0.2) is 24.3 Å². The van der Waals surface area contributed by atoms with Gasteiger partial charge in [0.05, 0.1) is 0 Å². The molecular weight excluding hydrogens is 316 g/mol. The molecule has 2 aliphatic heterocycles. The van der Waals surface area contributed by atoms with Crippen molar-refractivity contribution in [3.8, 4) is 0 Å². The van der Waals surface area contributed by atoms with Crippen molar-refractivity contribution in [2.24, 2.45) is 0 Å². The highest BCUT2D eigenvalue weighted by molar-refractivity contribution is 5.78. The maximum absolute atomic E-state index is 12.1. The van der Waals surface area contributed by atoms with Gasteiger partial charge in [0, 0.05) is 51.4 Å². The molecule has 0 aromatic heterocycles. The van der Waals surface area contributed by atoms with Crippen LogP contribution in [0.25, 0.3) is 0 Å². The Bertz CT molecular complexity index is 596. The Balaban J connectivity index is 1.43. The minimum atomic E-state index is -0.173. The SMILES string of the molecule is CN1CC(NC(=O)NCc2ccc(N3CCCCC3)cc2)CCC1=O. The molecule has 0 spiro atoms. The maximum Gasteiger partial charge on any atom is 0.315 e. The van der Waals surface area contributed by atoms with E-state index in [0.717, 1.165) is 18.7 Å². The first-order valence-corrected chi connectivity index (χ1v) is 9.24. The predicted molar refractivity (Wildman–Crippen MR) is 98.5 cm³/mol. The Morgan fingerprint density at radius 2 is 1.88 bits per heavy atom. The van der Waals surface area contributed by atoms with Crippen LogP contribution in [0.3, 0.4) is 0 Å². The van der Waals surface area contributed by atoms with Gasteiger partial charge in [0.2, 0.25) is 5.91 Å². The van der Waals surface area contributed by atoms with Crippen LogP contribution in [0.5, 0.6) is 0 Å². The quantitative estimate of drug-likeness (QED) is 0.879. The molecule has 136 valence electrons. The third kappa shape index (κ3) is 4.87. The van der Waals surface area contributed by atoms with E-state index in [0.29, 0.717) is 25.9 Å². The molecule has 6 heteroatoms. The van der Waals surface area contributed by atoms with Gasteiger partial charge in [0.1, 0.15) is 0 Å². The van der Waals surface area contributed by atoms with Gasteiger partial charge in [-0.15, -0.1) is 0 Å². The largest absolute Gasteiger partial charge is 0.372 e. The van der Waals surface area contributed by atoms with Gasteiger partial charge in [-0.2, -0.15) is 0 Å². The highest BCUT2D eigenvalue weighted by Gasteiger charge is 2.23. The Morgan fingerprint density at radius 1 is 1.16 bits per heavy atom. The number of urea groups is 1. The monoisotopic (exact) mass is 344 g/mol. The van der Waals surface area contributed by atoms with E-state index >= 15 is 0 Å². The molecule has 0 bridgehead atoms. The maximum atomic E-state index is 12.1. The molecule has 1 aromatic carbocycles. The molecule has 2 aliphatic rings. The average Bonchev–Trinajstić information content (AvgIpc) is 2.64. The van der Waals surface area contributed by atoms with Gasteiger partial charge in [-0.1, -0.05) is 12.1 Å². The lowest BCUT2D eigenvalue weighted by atomic mass is 10.1. The van der Waals surface area contributed by atoms with E-state index in [1.807, 2.05) is 0 Å². The minimum Gasteiger partial charge on any atom is -0.372 e. The molecule has 0 saturated carbocycles. The number of piperidine rings is 2. The Labute approximate surface area is 149 Å². The van der Waals surface area contributed by atoms with Crippen LogP contribution in [-0.2, 0) is 11.3 Å². The van der Waals surface area contributed by atoms with E-state index < -0.39 is 0 Å². The van der Waals surface area contributed by atoms with Gasteiger partial charge in [0.15, 0.2) is 0 Å². The summed E-state index contributed by atoms with van der Waals surface area (Å²) in [6, 6.07) is 8.30. The molecular formula is C19H28N4O2. The number of anilines is 1. The van der Waals surface area contributed by atoms with Crippen molar-refractivity contribution in [1.29, 1.82) is 0 Å². The molecule has 2 N–H and O–H groups in total. The number of benzene rings is 1. The number of nitrogens with one attached hydrogen (secondary N) is 2. The van der Waals surface area contributed by atoms with Crippen LogP contribution in [-0.4, -0.2) is 49.6 Å². The lowest BCUT2D eigenvalue weighted by molar-refractivity contribution is -0.132. The zero-order valence-corrected chi connectivity index (χ0v) is 15.0. The summed E-state index contributed by atoms with van der Waals surface area (Å²) in [5.41, 5.74) is 2.36. The molecule has 0 radical (unpaired) electrons. The summed E-state index contributed by atoms with van der Waals surface area (Å²) in [6.07, 6.45) is 5.08. The smallest absolute Gasteiger partial charge is 0.315 e. The number of likely N-dealkylation sites (tertiary alicyclic amines) is 1. The van der Waals surface area contributed by atoms with Crippen LogP contribution in [0.1, 0.15) is 37.7 Å². The number of amides is 3. The first-order chi connectivity index (χ1) is 12.1. The molecule has 2 fully saturated rings. The second-order valence-corrected chi connectivity index (χ2v) is 7.05. The van der Waals surface area contributed by atoms with E-state index in [2.05, 4.69) is 39.8 Å². The van der Waals surface area contributed by atoms with Crippen LogP contribution in [0.4, 0.5) is 10.5 Å². The van der Waals surface area contributed by atoms with Gasteiger partial charge in [-0.3, -0.25) is 4.79 Å².